The van der Waals surface area contributed by atoms with E-state index in [4.69, 9.17) is 19.2 Å². The molecule has 0 unspecified atom stereocenters. The monoisotopic (exact) mass is 451 g/mol. The zero-order valence-electron chi connectivity index (χ0n) is 19.2. The fourth-order valence-electron chi connectivity index (χ4n) is 4.22. The lowest BCUT2D eigenvalue weighted by molar-refractivity contribution is -0.153. The fourth-order valence-corrected chi connectivity index (χ4v) is 4.22. The molecule has 0 aliphatic carbocycles. The van der Waals surface area contributed by atoms with Crippen LogP contribution in [0.5, 0.6) is 5.75 Å². The number of nitrogens with zero attached hydrogens (tertiary/aromatic N) is 3. The lowest BCUT2D eigenvalue weighted by Gasteiger charge is -2.37. The molecule has 0 fully saturated rings. The van der Waals surface area contributed by atoms with E-state index in [2.05, 4.69) is 0 Å². The fraction of sp³-hybridized carbons (Fsp3) is 0.400. The first kappa shape index (κ1) is 22.8. The summed E-state index contributed by atoms with van der Waals surface area (Å²) >= 11 is 0. The van der Waals surface area contributed by atoms with Crippen molar-refractivity contribution < 1.29 is 23.8 Å². The van der Waals surface area contributed by atoms with Crippen molar-refractivity contribution >= 4 is 28.9 Å². The Bertz CT molecular complexity index is 1120. The van der Waals surface area contributed by atoms with Crippen LogP contribution in [-0.4, -0.2) is 54.9 Å². The molecule has 1 aliphatic heterocycles. The van der Waals surface area contributed by atoms with Gasteiger partial charge in [-0.1, -0.05) is 31.2 Å². The Labute approximate surface area is 193 Å². The summed E-state index contributed by atoms with van der Waals surface area (Å²) in [5.74, 6) is -0.702. The Hall–Kier alpha value is -3.39. The van der Waals surface area contributed by atoms with Crippen molar-refractivity contribution in [3.05, 3.63) is 54.1 Å². The van der Waals surface area contributed by atoms with Gasteiger partial charge in [0.25, 0.3) is 0 Å². The third-order valence-corrected chi connectivity index (χ3v) is 5.70. The number of aromatic nitrogens is 2. The second-order valence-electron chi connectivity index (χ2n) is 7.85. The molecule has 1 amide bonds. The molecule has 0 radical (unpaired) electrons. The maximum absolute atomic E-state index is 13.7. The minimum atomic E-state index is -1.05. The van der Waals surface area contributed by atoms with Gasteiger partial charge < -0.3 is 18.8 Å². The summed E-state index contributed by atoms with van der Waals surface area (Å²) in [6.45, 7) is 5.20. The first-order valence-corrected chi connectivity index (χ1v) is 11.3. The van der Waals surface area contributed by atoms with Crippen LogP contribution in [0, 0.1) is 5.92 Å². The zero-order chi connectivity index (χ0) is 23.4. The Kier molecular flexibility index (Phi) is 6.93. The van der Waals surface area contributed by atoms with Crippen LogP contribution in [0.2, 0.25) is 0 Å². The van der Waals surface area contributed by atoms with Gasteiger partial charge in [-0.25, -0.2) is 4.98 Å². The van der Waals surface area contributed by atoms with Crippen LogP contribution in [0.3, 0.4) is 0 Å². The predicted octanol–water partition coefficient (Wildman–Crippen LogP) is 3.59. The van der Waals surface area contributed by atoms with E-state index in [1.54, 1.807) is 14.0 Å². The van der Waals surface area contributed by atoms with E-state index in [1.807, 2.05) is 60.0 Å². The molecule has 0 saturated heterocycles. The van der Waals surface area contributed by atoms with Crippen molar-refractivity contribution in [2.45, 2.75) is 26.3 Å². The zero-order valence-corrected chi connectivity index (χ0v) is 19.2. The minimum Gasteiger partial charge on any atom is -0.494 e. The highest BCUT2D eigenvalue weighted by atomic mass is 16.5. The molecule has 3 aromatic rings. The van der Waals surface area contributed by atoms with Crippen LogP contribution >= 0.6 is 0 Å². The van der Waals surface area contributed by atoms with E-state index in [9.17, 15) is 9.59 Å². The molecular weight excluding hydrogens is 422 g/mol. The highest BCUT2D eigenvalue weighted by Crippen LogP contribution is 2.41. The molecule has 1 aliphatic rings. The van der Waals surface area contributed by atoms with Crippen LogP contribution < -0.4 is 9.64 Å². The molecule has 0 saturated carbocycles. The second-order valence-corrected chi connectivity index (χ2v) is 7.85. The summed E-state index contributed by atoms with van der Waals surface area (Å²) in [7, 11) is 1.57. The van der Waals surface area contributed by atoms with Gasteiger partial charge in [0.2, 0.25) is 11.9 Å². The lowest BCUT2D eigenvalue weighted by Crippen LogP contribution is -2.51. The molecule has 2 heterocycles. The summed E-state index contributed by atoms with van der Waals surface area (Å²) < 4.78 is 18.3. The molecule has 2 atom stereocenters. The quantitative estimate of drug-likeness (QED) is 0.365. The van der Waals surface area contributed by atoms with Gasteiger partial charge >= 0.3 is 5.97 Å². The summed E-state index contributed by atoms with van der Waals surface area (Å²) in [6, 6.07) is 14.6. The SMILES string of the molecule is CCCOc1ccc([C@H]2[C@@H](C(=O)OCC)C(=O)N(CCOC)c3nc4ccccc4n32)cc1. The number of anilines is 1. The molecule has 8 nitrogen and oxygen atoms in total. The first-order chi connectivity index (χ1) is 16.1. The van der Waals surface area contributed by atoms with Gasteiger partial charge in [-0.15, -0.1) is 0 Å². The van der Waals surface area contributed by atoms with Gasteiger partial charge in [0, 0.05) is 7.11 Å². The molecule has 33 heavy (non-hydrogen) atoms. The van der Waals surface area contributed by atoms with Gasteiger partial charge in [0.05, 0.1) is 43.4 Å². The van der Waals surface area contributed by atoms with Crippen LogP contribution in [-0.2, 0) is 19.1 Å². The molecule has 8 heteroatoms. The van der Waals surface area contributed by atoms with Crippen LogP contribution in [0.15, 0.2) is 48.5 Å². The maximum Gasteiger partial charge on any atom is 0.321 e. The number of benzene rings is 2. The first-order valence-electron chi connectivity index (χ1n) is 11.3. The largest absolute Gasteiger partial charge is 0.494 e. The van der Waals surface area contributed by atoms with Crippen molar-refractivity contribution in [2.24, 2.45) is 5.92 Å². The van der Waals surface area contributed by atoms with E-state index < -0.39 is 17.9 Å². The highest BCUT2D eigenvalue weighted by Gasteiger charge is 2.47. The summed E-state index contributed by atoms with van der Waals surface area (Å²) in [6.07, 6.45) is 0.908. The van der Waals surface area contributed by atoms with Crippen LogP contribution in [0.4, 0.5) is 5.95 Å². The number of carbonyl (C=O) groups excluding carboxylic acids is 2. The van der Waals surface area contributed by atoms with E-state index in [0.29, 0.717) is 19.2 Å². The number of amides is 1. The predicted molar refractivity (Wildman–Crippen MR) is 124 cm³/mol. The average Bonchev–Trinajstić information content (AvgIpc) is 3.21. The third kappa shape index (κ3) is 4.30. The molecule has 1 aromatic heterocycles. The number of methoxy groups -OCH3 is 1. The maximum atomic E-state index is 13.7. The van der Waals surface area contributed by atoms with E-state index in [0.717, 1.165) is 28.8 Å². The van der Waals surface area contributed by atoms with Crippen molar-refractivity contribution in [2.75, 3.05) is 38.4 Å². The third-order valence-electron chi connectivity index (χ3n) is 5.70. The van der Waals surface area contributed by atoms with Gasteiger partial charge in [-0.3, -0.25) is 14.5 Å². The number of rotatable bonds is 9. The normalized spacial score (nSPS) is 17.8. The molecule has 0 bridgehead atoms. The number of ether oxygens (including phenoxy) is 3. The van der Waals surface area contributed by atoms with E-state index in [1.165, 1.54) is 4.90 Å². The number of esters is 1. The molecule has 0 N–H and O–H groups in total. The topological polar surface area (TPSA) is 82.9 Å². The summed E-state index contributed by atoms with van der Waals surface area (Å²) in [5, 5.41) is 0. The number of carbonyl (C=O) groups is 2. The number of imidazole rings is 1. The van der Waals surface area contributed by atoms with Crippen molar-refractivity contribution in [3.63, 3.8) is 0 Å². The van der Waals surface area contributed by atoms with Gasteiger partial charge in [-0.05, 0) is 43.2 Å². The number of hydrogen-bond donors (Lipinski definition) is 0. The van der Waals surface area contributed by atoms with Crippen molar-refractivity contribution in [3.8, 4) is 5.75 Å². The number of fused-ring (bicyclic) bond motifs is 3. The summed E-state index contributed by atoms with van der Waals surface area (Å²) in [4.78, 5) is 33.1. The van der Waals surface area contributed by atoms with Gasteiger partial charge in [0.15, 0.2) is 5.92 Å². The van der Waals surface area contributed by atoms with Crippen molar-refractivity contribution in [1.82, 2.24) is 9.55 Å². The molecule has 4 rings (SSSR count). The Morgan fingerprint density at radius 3 is 2.52 bits per heavy atom. The van der Waals surface area contributed by atoms with Crippen molar-refractivity contribution in [1.29, 1.82) is 0 Å². The molecule has 174 valence electrons. The minimum absolute atomic E-state index is 0.189. The summed E-state index contributed by atoms with van der Waals surface area (Å²) in [5.41, 5.74) is 2.40. The smallest absolute Gasteiger partial charge is 0.321 e. The Morgan fingerprint density at radius 1 is 1.06 bits per heavy atom. The van der Waals surface area contributed by atoms with Gasteiger partial charge in [-0.2, -0.15) is 0 Å². The van der Waals surface area contributed by atoms with E-state index in [-0.39, 0.29) is 19.1 Å². The number of hydrogen-bond acceptors (Lipinski definition) is 6. The lowest BCUT2D eigenvalue weighted by atomic mass is 9.89. The van der Waals surface area contributed by atoms with E-state index >= 15 is 0 Å². The standard InChI is InChI=1S/C25H29N3O5/c1-4-15-33-18-12-10-17(11-13-18)22-21(24(30)32-5-2)23(29)27(14-16-31-3)25-26-19-8-6-7-9-20(19)28(22)25/h6-13,21-22H,4-5,14-16H2,1-3H3/t21-,22+/m1/s1. The molecule has 2 aromatic carbocycles. The Balaban J connectivity index is 1.88. The van der Waals surface area contributed by atoms with Gasteiger partial charge in [0.1, 0.15) is 5.75 Å². The molecule has 0 spiro atoms. The molecular formula is C25H29N3O5. The Morgan fingerprint density at radius 2 is 1.82 bits per heavy atom. The number of para-hydroxylation sites is 2. The highest BCUT2D eigenvalue weighted by molar-refractivity contribution is 6.08. The van der Waals surface area contributed by atoms with Crippen LogP contribution in [0.1, 0.15) is 31.9 Å². The van der Waals surface area contributed by atoms with Crippen LogP contribution in [0.25, 0.3) is 11.0 Å². The average molecular weight is 452 g/mol. The second kappa shape index (κ2) is 10.0.